The van der Waals surface area contributed by atoms with Gasteiger partial charge in [0.2, 0.25) is 0 Å². The van der Waals surface area contributed by atoms with Gasteiger partial charge in [-0.3, -0.25) is 10.8 Å². The number of amidine groups is 2. The molecule has 0 saturated heterocycles. The van der Waals surface area contributed by atoms with Gasteiger partial charge in [-0.25, -0.2) is 0 Å². The molecule has 0 aliphatic rings. The Bertz CT molecular complexity index is 818. The summed E-state index contributed by atoms with van der Waals surface area (Å²) in [6.07, 6.45) is 0. The number of hydrogen-bond donors (Lipinski definition) is 4. The molecular weight excluding hydrogens is 328 g/mol. The van der Waals surface area contributed by atoms with E-state index in [0.717, 1.165) is 0 Å². The topological polar surface area (TPSA) is 118 Å². The minimum atomic E-state index is 0.0173. The molecule has 0 aliphatic carbocycles. The summed E-state index contributed by atoms with van der Waals surface area (Å²) >= 11 is 0. The summed E-state index contributed by atoms with van der Waals surface area (Å²) in [6.45, 7) is 0.420. The lowest BCUT2D eigenvalue weighted by atomic mass is 10.2. The average molecular weight is 346 g/mol. The standard InChI is InChI=1S/C20H18N4O2/c21-19(22)15-5-9-17(10-6-15)25-13-3-1-2-4-14-26-18-11-7-16(8-12-18)20(23)24/h5-12H,13-14H2,(H3,21,22)(H3,23,24). The predicted molar refractivity (Wildman–Crippen MR) is 101 cm³/mol. The Morgan fingerprint density at radius 1 is 0.692 bits per heavy atom. The maximum atomic E-state index is 7.31. The zero-order chi connectivity index (χ0) is 18.8. The summed E-state index contributed by atoms with van der Waals surface area (Å²) in [4.78, 5) is 0. The summed E-state index contributed by atoms with van der Waals surface area (Å²) < 4.78 is 10.9. The highest BCUT2D eigenvalue weighted by Gasteiger charge is 1.97. The third kappa shape index (κ3) is 5.95. The van der Waals surface area contributed by atoms with Gasteiger partial charge in [-0.15, -0.1) is 0 Å². The molecule has 0 fully saturated rings. The van der Waals surface area contributed by atoms with Crippen molar-refractivity contribution in [1.82, 2.24) is 0 Å². The number of nitrogen functional groups attached to an aromatic ring is 2. The number of rotatable bonds is 6. The van der Waals surface area contributed by atoms with Crippen molar-refractivity contribution < 1.29 is 9.47 Å². The maximum absolute atomic E-state index is 7.31. The summed E-state index contributed by atoms with van der Waals surface area (Å²) in [7, 11) is 0. The minimum Gasteiger partial charge on any atom is -0.481 e. The third-order valence-corrected chi connectivity index (χ3v) is 3.19. The molecule has 2 rings (SSSR count). The van der Waals surface area contributed by atoms with E-state index in [2.05, 4.69) is 23.7 Å². The highest BCUT2D eigenvalue weighted by Crippen LogP contribution is 2.12. The van der Waals surface area contributed by atoms with Crippen molar-refractivity contribution in [3.63, 3.8) is 0 Å². The first-order valence-corrected chi connectivity index (χ1v) is 7.66. The molecule has 2 aromatic rings. The van der Waals surface area contributed by atoms with Gasteiger partial charge in [0.25, 0.3) is 0 Å². The molecule has 0 saturated carbocycles. The largest absolute Gasteiger partial charge is 0.481 e. The number of hydrogen-bond acceptors (Lipinski definition) is 4. The van der Waals surface area contributed by atoms with Crippen LogP contribution in [0.5, 0.6) is 11.5 Å². The average Bonchev–Trinajstić information content (AvgIpc) is 2.64. The van der Waals surface area contributed by atoms with Gasteiger partial charge >= 0.3 is 0 Å². The van der Waals surface area contributed by atoms with Gasteiger partial charge in [-0.05, 0) is 72.2 Å². The van der Waals surface area contributed by atoms with Crippen molar-refractivity contribution in [2.24, 2.45) is 11.5 Å². The normalized spacial score (nSPS) is 9.08. The summed E-state index contributed by atoms with van der Waals surface area (Å²) in [5.41, 5.74) is 12.0. The van der Waals surface area contributed by atoms with E-state index in [1.165, 1.54) is 0 Å². The molecule has 0 aliphatic heterocycles. The predicted octanol–water partition coefficient (Wildman–Crippen LogP) is 1.72. The molecule has 0 radical (unpaired) electrons. The van der Waals surface area contributed by atoms with E-state index >= 15 is 0 Å². The Labute approximate surface area is 152 Å². The SMILES string of the molecule is N=C(N)c1ccc(OCC#CC#CCOc2ccc(C(=N)N)cc2)cc1. The number of benzene rings is 2. The molecule has 6 heteroatoms. The van der Waals surface area contributed by atoms with Crippen LogP contribution in [0.15, 0.2) is 48.5 Å². The van der Waals surface area contributed by atoms with Crippen LogP contribution in [0.2, 0.25) is 0 Å². The Kier molecular flexibility index (Phi) is 6.67. The lowest BCUT2D eigenvalue weighted by molar-refractivity contribution is 0.369. The van der Waals surface area contributed by atoms with Gasteiger partial charge in [-0.2, -0.15) is 0 Å². The molecule has 2 aromatic carbocycles. The van der Waals surface area contributed by atoms with Crippen LogP contribution in [-0.2, 0) is 0 Å². The molecular formula is C20H18N4O2. The first kappa shape index (κ1) is 18.4. The summed E-state index contributed by atoms with van der Waals surface area (Å²) in [5.74, 6) is 12.3. The van der Waals surface area contributed by atoms with E-state index < -0.39 is 0 Å². The van der Waals surface area contributed by atoms with E-state index in [1.54, 1.807) is 48.5 Å². The fraction of sp³-hybridized carbons (Fsp3) is 0.100. The van der Waals surface area contributed by atoms with Crippen molar-refractivity contribution in [1.29, 1.82) is 10.8 Å². The second kappa shape index (κ2) is 9.41. The van der Waals surface area contributed by atoms with Crippen LogP contribution in [0, 0.1) is 34.5 Å². The Balaban J connectivity index is 1.71. The number of nitrogens with two attached hydrogens (primary N) is 2. The highest BCUT2D eigenvalue weighted by molar-refractivity contribution is 5.95. The number of nitrogens with one attached hydrogen (secondary N) is 2. The summed E-state index contributed by atoms with van der Waals surface area (Å²) in [5, 5.41) is 14.6. The second-order valence-electron chi connectivity index (χ2n) is 5.06. The smallest absolute Gasteiger partial charge is 0.150 e. The van der Waals surface area contributed by atoms with Crippen molar-refractivity contribution in [3.05, 3.63) is 59.7 Å². The maximum Gasteiger partial charge on any atom is 0.150 e. The first-order chi connectivity index (χ1) is 12.6. The van der Waals surface area contributed by atoms with Crippen LogP contribution in [0.1, 0.15) is 11.1 Å². The van der Waals surface area contributed by atoms with Gasteiger partial charge in [0.05, 0.1) is 0 Å². The lowest BCUT2D eigenvalue weighted by Crippen LogP contribution is -2.10. The van der Waals surface area contributed by atoms with Crippen molar-refractivity contribution in [3.8, 4) is 35.2 Å². The van der Waals surface area contributed by atoms with Gasteiger partial charge < -0.3 is 20.9 Å². The molecule has 6 nitrogen and oxygen atoms in total. The molecule has 0 heterocycles. The number of ether oxygens (including phenoxy) is 2. The molecule has 0 atom stereocenters. The van der Waals surface area contributed by atoms with Crippen molar-refractivity contribution >= 4 is 11.7 Å². The highest BCUT2D eigenvalue weighted by atomic mass is 16.5. The minimum absolute atomic E-state index is 0.0173. The fourth-order valence-corrected chi connectivity index (χ4v) is 1.86. The van der Waals surface area contributed by atoms with Gasteiger partial charge in [0, 0.05) is 11.1 Å². The zero-order valence-electron chi connectivity index (χ0n) is 14.0. The first-order valence-electron chi connectivity index (χ1n) is 7.66. The molecule has 6 N–H and O–H groups in total. The van der Waals surface area contributed by atoms with Gasteiger partial charge in [-0.1, -0.05) is 0 Å². The third-order valence-electron chi connectivity index (χ3n) is 3.19. The summed E-state index contributed by atoms with van der Waals surface area (Å²) in [6, 6.07) is 13.8. The van der Waals surface area contributed by atoms with Crippen LogP contribution in [0.3, 0.4) is 0 Å². The molecule has 0 aromatic heterocycles. The second-order valence-corrected chi connectivity index (χ2v) is 5.06. The van der Waals surface area contributed by atoms with Crippen LogP contribution in [0.25, 0.3) is 0 Å². The Morgan fingerprint density at radius 3 is 1.35 bits per heavy atom. The fourth-order valence-electron chi connectivity index (χ4n) is 1.86. The van der Waals surface area contributed by atoms with E-state index in [1.807, 2.05) is 0 Å². The van der Waals surface area contributed by atoms with Crippen LogP contribution in [0.4, 0.5) is 0 Å². The van der Waals surface area contributed by atoms with Crippen LogP contribution in [-0.4, -0.2) is 24.9 Å². The van der Waals surface area contributed by atoms with E-state index in [0.29, 0.717) is 22.6 Å². The van der Waals surface area contributed by atoms with E-state index in [9.17, 15) is 0 Å². The molecule has 0 bridgehead atoms. The quantitative estimate of drug-likeness (QED) is 0.362. The molecule has 0 amide bonds. The molecule has 26 heavy (non-hydrogen) atoms. The van der Waals surface area contributed by atoms with Crippen molar-refractivity contribution in [2.75, 3.05) is 13.2 Å². The van der Waals surface area contributed by atoms with E-state index in [4.69, 9.17) is 31.8 Å². The molecule has 0 spiro atoms. The Hall–Kier alpha value is -3.90. The zero-order valence-corrected chi connectivity index (χ0v) is 14.0. The Morgan fingerprint density at radius 2 is 1.04 bits per heavy atom. The van der Waals surface area contributed by atoms with Gasteiger partial charge in [0.1, 0.15) is 36.4 Å². The molecule has 0 unspecified atom stereocenters. The molecule has 130 valence electrons. The van der Waals surface area contributed by atoms with Crippen molar-refractivity contribution in [2.45, 2.75) is 0 Å². The van der Waals surface area contributed by atoms with E-state index in [-0.39, 0.29) is 24.9 Å². The monoisotopic (exact) mass is 346 g/mol. The van der Waals surface area contributed by atoms with Crippen LogP contribution >= 0.6 is 0 Å². The van der Waals surface area contributed by atoms with Crippen LogP contribution < -0.4 is 20.9 Å². The van der Waals surface area contributed by atoms with Gasteiger partial charge in [0.15, 0.2) is 0 Å². The lowest BCUT2D eigenvalue weighted by Gasteiger charge is -2.03.